The molecule has 78 valence electrons. The van der Waals surface area contributed by atoms with Crippen LogP contribution >= 0.6 is 11.3 Å². The molecule has 0 aliphatic carbocycles. The van der Waals surface area contributed by atoms with Gasteiger partial charge >= 0.3 is 0 Å². The van der Waals surface area contributed by atoms with Crippen LogP contribution in [0, 0.1) is 5.82 Å². The first-order valence-electron chi connectivity index (χ1n) is 4.64. The number of rotatable bonds is 2. The highest BCUT2D eigenvalue weighted by atomic mass is 32.1. The van der Waals surface area contributed by atoms with E-state index in [0.29, 0.717) is 0 Å². The number of nitrogens with two attached hydrogens (primary N) is 1. The molecule has 0 radical (unpaired) electrons. The summed E-state index contributed by atoms with van der Waals surface area (Å²) in [6.45, 7) is 1.90. The zero-order chi connectivity index (χ0) is 10.8. The van der Waals surface area contributed by atoms with Crippen molar-refractivity contribution in [3.05, 3.63) is 40.5 Å². The van der Waals surface area contributed by atoms with E-state index in [0.717, 1.165) is 16.3 Å². The zero-order valence-electron chi connectivity index (χ0n) is 8.27. The lowest BCUT2D eigenvalue weighted by Crippen LogP contribution is -2.03. The van der Waals surface area contributed by atoms with Crippen molar-refractivity contribution in [3.8, 4) is 11.3 Å². The summed E-state index contributed by atoms with van der Waals surface area (Å²) >= 11 is 1.53. The number of halogens is 1. The predicted molar refractivity (Wildman–Crippen MR) is 60.1 cm³/mol. The van der Waals surface area contributed by atoms with E-state index >= 15 is 0 Å². The first-order valence-corrected chi connectivity index (χ1v) is 5.52. The molecule has 0 aliphatic heterocycles. The molecule has 15 heavy (non-hydrogen) atoms. The molecule has 0 bridgehead atoms. The Morgan fingerprint density at radius 1 is 1.33 bits per heavy atom. The number of aromatic nitrogens is 1. The predicted octanol–water partition coefficient (Wildman–Crippen LogP) is 2.97. The molecule has 1 aromatic carbocycles. The topological polar surface area (TPSA) is 38.9 Å². The van der Waals surface area contributed by atoms with Crippen LogP contribution in [0.5, 0.6) is 0 Å². The van der Waals surface area contributed by atoms with E-state index in [1.807, 2.05) is 12.3 Å². The quantitative estimate of drug-likeness (QED) is 0.848. The van der Waals surface area contributed by atoms with Crippen molar-refractivity contribution in [2.45, 2.75) is 13.0 Å². The molecular formula is C11H11FN2S. The average Bonchev–Trinajstić information content (AvgIpc) is 2.68. The third kappa shape index (κ3) is 2.22. The molecule has 2 rings (SSSR count). The molecule has 2 nitrogen and oxygen atoms in total. The van der Waals surface area contributed by atoms with Gasteiger partial charge in [-0.3, -0.25) is 0 Å². The van der Waals surface area contributed by atoms with E-state index in [1.165, 1.54) is 23.5 Å². The van der Waals surface area contributed by atoms with Crippen LogP contribution in [0.3, 0.4) is 0 Å². The van der Waals surface area contributed by atoms with Gasteiger partial charge in [0.15, 0.2) is 0 Å². The largest absolute Gasteiger partial charge is 0.322 e. The summed E-state index contributed by atoms with van der Waals surface area (Å²) in [4.78, 5) is 4.38. The molecule has 0 aliphatic rings. The van der Waals surface area contributed by atoms with Gasteiger partial charge in [0.1, 0.15) is 10.8 Å². The summed E-state index contributed by atoms with van der Waals surface area (Å²) in [5.41, 5.74) is 7.49. The van der Waals surface area contributed by atoms with Crippen molar-refractivity contribution in [2.75, 3.05) is 0 Å². The van der Waals surface area contributed by atoms with Gasteiger partial charge in [-0.15, -0.1) is 11.3 Å². The van der Waals surface area contributed by atoms with E-state index in [4.69, 9.17) is 5.73 Å². The number of hydrogen-bond acceptors (Lipinski definition) is 3. The molecule has 0 saturated carbocycles. The standard InChI is InChI=1S/C11H11FN2S/c1-7(13)11-14-10(6-15-11)8-2-4-9(12)5-3-8/h2-7H,13H2,1H3. The van der Waals surface area contributed by atoms with E-state index in [2.05, 4.69) is 4.98 Å². The number of thiazole rings is 1. The minimum Gasteiger partial charge on any atom is -0.322 e. The fourth-order valence-corrected chi connectivity index (χ4v) is 2.04. The van der Waals surface area contributed by atoms with Gasteiger partial charge < -0.3 is 5.73 Å². The summed E-state index contributed by atoms with van der Waals surface area (Å²) in [5.74, 6) is -0.235. The van der Waals surface area contributed by atoms with Gasteiger partial charge in [-0.25, -0.2) is 9.37 Å². The van der Waals surface area contributed by atoms with Crippen LogP contribution in [0.1, 0.15) is 18.0 Å². The van der Waals surface area contributed by atoms with Gasteiger partial charge in [0.2, 0.25) is 0 Å². The fourth-order valence-electron chi connectivity index (χ4n) is 1.25. The Morgan fingerprint density at radius 3 is 2.53 bits per heavy atom. The second-order valence-corrected chi connectivity index (χ2v) is 4.26. The molecular weight excluding hydrogens is 211 g/mol. The van der Waals surface area contributed by atoms with Crippen molar-refractivity contribution < 1.29 is 4.39 Å². The van der Waals surface area contributed by atoms with E-state index in [1.54, 1.807) is 12.1 Å². The molecule has 0 amide bonds. The van der Waals surface area contributed by atoms with E-state index in [-0.39, 0.29) is 11.9 Å². The van der Waals surface area contributed by atoms with E-state index < -0.39 is 0 Å². The second-order valence-electron chi connectivity index (χ2n) is 3.37. The van der Waals surface area contributed by atoms with Gasteiger partial charge in [-0.2, -0.15) is 0 Å². The van der Waals surface area contributed by atoms with Gasteiger partial charge in [-0.1, -0.05) is 0 Å². The van der Waals surface area contributed by atoms with Crippen LogP contribution in [0.25, 0.3) is 11.3 Å². The summed E-state index contributed by atoms with van der Waals surface area (Å²) < 4.78 is 12.7. The lowest BCUT2D eigenvalue weighted by atomic mass is 10.2. The van der Waals surface area contributed by atoms with Crippen molar-refractivity contribution in [1.82, 2.24) is 4.98 Å². The summed E-state index contributed by atoms with van der Waals surface area (Å²) in [5, 5.41) is 2.83. The Hall–Kier alpha value is -1.26. The molecule has 0 fully saturated rings. The number of benzene rings is 1. The zero-order valence-corrected chi connectivity index (χ0v) is 9.09. The molecule has 1 aromatic heterocycles. The van der Waals surface area contributed by atoms with Gasteiger partial charge in [0.05, 0.1) is 11.7 Å². The lowest BCUT2D eigenvalue weighted by molar-refractivity contribution is 0.628. The number of nitrogens with zero attached hydrogens (tertiary/aromatic N) is 1. The highest BCUT2D eigenvalue weighted by Gasteiger charge is 2.07. The van der Waals surface area contributed by atoms with Gasteiger partial charge in [0, 0.05) is 10.9 Å². The van der Waals surface area contributed by atoms with Gasteiger partial charge in [0.25, 0.3) is 0 Å². The summed E-state index contributed by atoms with van der Waals surface area (Å²) in [7, 11) is 0. The monoisotopic (exact) mass is 222 g/mol. The first-order chi connectivity index (χ1) is 7.16. The molecule has 4 heteroatoms. The second kappa shape index (κ2) is 4.08. The molecule has 0 spiro atoms. The lowest BCUT2D eigenvalue weighted by Gasteiger charge is -1.98. The van der Waals surface area contributed by atoms with Crippen LogP contribution in [0.2, 0.25) is 0 Å². The van der Waals surface area contributed by atoms with Crippen LogP contribution in [-0.4, -0.2) is 4.98 Å². The minimum atomic E-state index is -0.235. The molecule has 1 heterocycles. The van der Waals surface area contributed by atoms with Crippen LogP contribution in [0.15, 0.2) is 29.6 Å². The first kappa shape index (κ1) is 10.3. The molecule has 2 aromatic rings. The molecule has 1 atom stereocenters. The Labute approximate surface area is 91.6 Å². The highest BCUT2D eigenvalue weighted by Crippen LogP contribution is 2.24. The third-order valence-electron chi connectivity index (χ3n) is 2.05. The summed E-state index contributed by atoms with van der Waals surface area (Å²) in [6.07, 6.45) is 0. The van der Waals surface area contributed by atoms with Crippen molar-refractivity contribution in [3.63, 3.8) is 0 Å². The normalized spacial score (nSPS) is 12.7. The fraction of sp³-hybridized carbons (Fsp3) is 0.182. The Morgan fingerprint density at radius 2 is 2.00 bits per heavy atom. The maximum absolute atomic E-state index is 12.7. The maximum Gasteiger partial charge on any atom is 0.123 e. The minimum absolute atomic E-state index is 0.0517. The third-order valence-corrected chi connectivity index (χ3v) is 3.10. The Bertz CT molecular complexity index is 448. The SMILES string of the molecule is CC(N)c1nc(-c2ccc(F)cc2)cs1. The average molecular weight is 222 g/mol. The van der Waals surface area contributed by atoms with Crippen LogP contribution in [-0.2, 0) is 0 Å². The molecule has 2 N–H and O–H groups in total. The number of hydrogen-bond donors (Lipinski definition) is 1. The molecule has 0 saturated heterocycles. The van der Waals surface area contributed by atoms with Crippen LogP contribution < -0.4 is 5.73 Å². The molecule has 1 unspecified atom stereocenters. The van der Waals surface area contributed by atoms with Crippen LogP contribution in [0.4, 0.5) is 4.39 Å². The van der Waals surface area contributed by atoms with Gasteiger partial charge in [-0.05, 0) is 31.2 Å². The van der Waals surface area contributed by atoms with E-state index in [9.17, 15) is 4.39 Å². The Balaban J connectivity index is 2.33. The smallest absolute Gasteiger partial charge is 0.123 e. The van der Waals surface area contributed by atoms with Crippen molar-refractivity contribution in [1.29, 1.82) is 0 Å². The van der Waals surface area contributed by atoms with Crippen molar-refractivity contribution >= 4 is 11.3 Å². The maximum atomic E-state index is 12.7. The van der Waals surface area contributed by atoms with Crippen molar-refractivity contribution in [2.24, 2.45) is 5.73 Å². The highest BCUT2D eigenvalue weighted by molar-refractivity contribution is 7.10. The summed E-state index contributed by atoms with van der Waals surface area (Å²) in [6, 6.07) is 6.25. The Kier molecular flexibility index (Phi) is 2.79.